The molecule has 1 atom stereocenters. The van der Waals surface area contributed by atoms with Crippen LogP contribution in [0, 0.1) is 0 Å². The van der Waals surface area contributed by atoms with Crippen LogP contribution in [-0.2, 0) is 4.79 Å². The van der Waals surface area contributed by atoms with E-state index >= 15 is 0 Å². The Morgan fingerprint density at radius 3 is 2.36 bits per heavy atom. The smallest absolute Gasteiger partial charge is 0.325 e. The van der Waals surface area contributed by atoms with Crippen molar-refractivity contribution in [2.24, 2.45) is 0 Å². The first-order valence-electron chi connectivity index (χ1n) is 3.95. The van der Waals surface area contributed by atoms with Gasteiger partial charge in [-0.1, -0.05) is 29.3 Å². The van der Waals surface area contributed by atoms with Crippen molar-refractivity contribution in [1.29, 1.82) is 0 Å². The molecule has 0 radical (unpaired) electrons. The monoisotopic (exact) mass is 233 g/mol. The molecule has 1 aromatic carbocycles. The number of hydrogen-bond acceptors (Lipinski definition) is 2. The second-order valence-electron chi connectivity index (χ2n) is 2.80. The fourth-order valence-corrected chi connectivity index (χ4v) is 1.42. The van der Waals surface area contributed by atoms with Crippen LogP contribution in [-0.4, -0.2) is 17.1 Å². The number of hydrogen-bond donors (Lipinski definition) is 2. The highest BCUT2D eigenvalue weighted by molar-refractivity contribution is 6.39. The lowest BCUT2D eigenvalue weighted by atomic mass is 10.2. The molecule has 0 aliphatic heterocycles. The van der Waals surface area contributed by atoms with E-state index in [0.29, 0.717) is 15.7 Å². The fraction of sp³-hybridized carbons (Fsp3) is 0.222. The summed E-state index contributed by atoms with van der Waals surface area (Å²) >= 11 is 11.7. The number of carbonyl (C=O) groups is 1. The van der Waals surface area contributed by atoms with Crippen LogP contribution in [0.4, 0.5) is 5.69 Å². The molecule has 76 valence electrons. The first-order chi connectivity index (χ1) is 6.52. The minimum absolute atomic E-state index is 0.408. The van der Waals surface area contributed by atoms with E-state index in [2.05, 4.69) is 5.32 Å². The van der Waals surface area contributed by atoms with Crippen molar-refractivity contribution in [2.45, 2.75) is 13.0 Å². The number of halogens is 2. The molecule has 1 rings (SSSR count). The Kier molecular flexibility index (Phi) is 3.61. The summed E-state index contributed by atoms with van der Waals surface area (Å²) in [5.41, 5.74) is 0.450. The second-order valence-corrected chi connectivity index (χ2v) is 3.62. The van der Waals surface area contributed by atoms with Crippen LogP contribution in [0.1, 0.15) is 6.92 Å². The van der Waals surface area contributed by atoms with Crippen LogP contribution < -0.4 is 5.32 Å². The average molecular weight is 234 g/mol. The Bertz CT molecular complexity index is 334. The maximum Gasteiger partial charge on any atom is 0.325 e. The number of para-hydroxylation sites is 1. The van der Waals surface area contributed by atoms with Crippen LogP contribution >= 0.6 is 23.2 Å². The molecule has 1 aromatic rings. The fourth-order valence-electron chi connectivity index (χ4n) is 0.914. The van der Waals surface area contributed by atoms with Crippen molar-refractivity contribution >= 4 is 34.9 Å². The van der Waals surface area contributed by atoms with Crippen molar-refractivity contribution in [3.63, 3.8) is 0 Å². The zero-order valence-corrected chi connectivity index (χ0v) is 8.93. The number of carboxylic acid groups (broad SMARTS) is 1. The van der Waals surface area contributed by atoms with Crippen LogP contribution in [0.3, 0.4) is 0 Å². The number of nitrogens with one attached hydrogen (secondary N) is 1. The summed E-state index contributed by atoms with van der Waals surface area (Å²) in [6.45, 7) is 1.52. The third-order valence-corrected chi connectivity index (χ3v) is 2.32. The van der Waals surface area contributed by atoms with Crippen molar-refractivity contribution in [1.82, 2.24) is 0 Å². The Labute approximate surface area is 91.6 Å². The largest absolute Gasteiger partial charge is 0.480 e. The average Bonchev–Trinajstić information content (AvgIpc) is 2.11. The molecule has 1 unspecified atom stereocenters. The number of rotatable bonds is 3. The molecule has 2 N–H and O–H groups in total. The molecule has 0 saturated carbocycles. The molecular weight excluding hydrogens is 225 g/mol. The third-order valence-electron chi connectivity index (χ3n) is 1.69. The summed E-state index contributed by atoms with van der Waals surface area (Å²) in [4.78, 5) is 10.6. The van der Waals surface area contributed by atoms with Gasteiger partial charge >= 0.3 is 5.97 Å². The van der Waals surface area contributed by atoms with E-state index in [0.717, 1.165) is 0 Å². The predicted octanol–water partition coefficient (Wildman–Crippen LogP) is 2.88. The van der Waals surface area contributed by atoms with Crippen molar-refractivity contribution in [2.75, 3.05) is 5.32 Å². The van der Waals surface area contributed by atoms with Crippen LogP contribution in [0.2, 0.25) is 10.0 Å². The molecule has 0 aliphatic carbocycles. The molecule has 0 aromatic heterocycles. The summed E-state index contributed by atoms with van der Waals surface area (Å²) in [5, 5.41) is 12.2. The highest BCUT2D eigenvalue weighted by atomic mass is 35.5. The zero-order valence-electron chi connectivity index (χ0n) is 7.42. The number of carboxylic acids is 1. The normalized spacial score (nSPS) is 12.2. The molecule has 0 spiro atoms. The first kappa shape index (κ1) is 11.1. The molecule has 0 saturated heterocycles. The molecule has 0 heterocycles. The van der Waals surface area contributed by atoms with Gasteiger partial charge in [0.25, 0.3) is 0 Å². The van der Waals surface area contributed by atoms with Gasteiger partial charge in [-0.3, -0.25) is 4.79 Å². The van der Waals surface area contributed by atoms with Gasteiger partial charge in [-0.15, -0.1) is 0 Å². The van der Waals surface area contributed by atoms with Gasteiger partial charge in [0, 0.05) is 0 Å². The van der Waals surface area contributed by atoms with Gasteiger partial charge in [-0.2, -0.15) is 0 Å². The van der Waals surface area contributed by atoms with Gasteiger partial charge in [0.15, 0.2) is 0 Å². The number of anilines is 1. The molecule has 14 heavy (non-hydrogen) atoms. The lowest BCUT2D eigenvalue weighted by molar-refractivity contribution is -0.137. The van der Waals surface area contributed by atoms with Gasteiger partial charge in [-0.25, -0.2) is 0 Å². The van der Waals surface area contributed by atoms with Crippen LogP contribution in [0.15, 0.2) is 18.2 Å². The maximum atomic E-state index is 10.6. The summed E-state index contributed by atoms with van der Waals surface area (Å²) in [6.07, 6.45) is 0. The van der Waals surface area contributed by atoms with Gasteiger partial charge in [0.1, 0.15) is 6.04 Å². The van der Waals surface area contributed by atoms with Gasteiger partial charge in [0.05, 0.1) is 15.7 Å². The van der Waals surface area contributed by atoms with E-state index in [4.69, 9.17) is 28.3 Å². The summed E-state index contributed by atoms with van der Waals surface area (Å²) in [6, 6.07) is 4.25. The van der Waals surface area contributed by atoms with Gasteiger partial charge in [-0.05, 0) is 19.1 Å². The first-order valence-corrected chi connectivity index (χ1v) is 4.71. The summed E-state index contributed by atoms with van der Waals surface area (Å²) < 4.78 is 0. The maximum absolute atomic E-state index is 10.6. The van der Waals surface area contributed by atoms with Crippen molar-refractivity contribution < 1.29 is 9.90 Å². The zero-order chi connectivity index (χ0) is 10.7. The van der Waals surface area contributed by atoms with E-state index in [1.165, 1.54) is 6.92 Å². The standard InChI is InChI=1S/C9H9Cl2NO2/c1-5(9(13)14)12-8-6(10)3-2-4-7(8)11/h2-5,12H,1H3,(H,13,14). The molecule has 0 fully saturated rings. The van der Waals surface area contributed by atoms with Crippen LogP contribution in [0.25, 0.3) is 0 Å². The van der Waals surface area contributed by atoms with Crippen LogP contribution in [0.5, 0.6) is 0 Å². The Hall–Kier alpha value is -0.930. The lowest BCUT2D eigenvalue weighted by Gasteiger charge is -2.13. The second kappa shape index (κ2) is 4.53. The minimum Gasteiger partial charge on any atom is -0.480 e. The third kappa shape index (κ3) is 2.53. The van der Waals surface area contributed by atoms with E-state index in [-0.39, 0.29) is 0 Å². The van der Waals surface area contributed by atoms with E-state index in [9.17, 15) is 4.79 Å². The van der Waals surface area contributed by atoms with E-state index in [1.54, 1.807) is 18.2 Å². The minimum atomic E-state index is -0.957. The quantitative estimate of drug-likeness (QED) is 0.845. The Morgan fingerprint density at radius 2 is 1.93 bits per heavy atom. The molecule has 3 nitrogen and oxygen atoms in total. The van der Waals surface area contributed by atoms with Crippen molar-refractivity contribution in [3.05, 3.63) is 28.2 Å². The lowest BCUT2D eigenvalue weighted by Crippen LogP contribution is -2.25. The summed E-state index contributed by atoms with van der Waals surface area (Å²) in [7, 11) is 0. The predicted molar refractivity (Wildman–Crippen MR) is 57.2 cm³/mol. The molecule has 0 amide bonds. The number of aliphatic carboxylic acids is 1. The SMILES string of the molecule is CC(Nc1c(Cl)cccc1Cl)C(=O)O. The topological polar surface area (TPSA) is 49.3 Å². The number of benzene rings is 1. The van der Waals surface area contributed by atoms with Crippen molar-refractivity contribution in [3.8, 4) is 0 Å². The van der Waals surface area contributed by atoms with Gasteiger partial charge in [0.2, 0.25) is 0 Å². The summed E-state index contributed by atoms with van der Waals surface area (Å²) in [5.74, 6) is -0.957. The van der Waals surface area contributed by atoms with E-state index < -0.39 is 12.0 Å². The Balaban J connectivity index is 2.91. The molecular formula is C9H9Cl2NO2. The Morgan fingerprint density at radius 1 is 1.43 bits per heavy atom. The van der Waals surface area contributed by atoms with E-state index in [1.807, 2.05) is 0 Å². The highest BCUT2D eigenvalue weighted by Crippen LogP contribution is 2.30. The molecule has 0 bridgehead atoms. The molecule has 0 aliphatic rings. The molecule has 5 heteroatoms. The highest BCUT2D eigenvalue weighted by Gasteiger charge is 2.13. The van der Waals surface area contributed by atoms with Gasteiger partial charge < -0.3 is 10.4 Å².